The van der Waals surface area contributed by atoms with E-state index in [2.05, 4.69) is 12.2 Å². The maximum absolute atomic E-state index is 14.0. The first-order valence-corrected chi connectivity index (χ1v) is 9.09. The largest absolute Gasteiger partial charge is 0.352 e. The molecule has 1 aliphatic rings. The third-order valence-electron chi connectivity index (χ3n) is 4.63. The van der Waals surface area contributed by atoms with Gasteiger partial charge < -0.3 is 10.2 Å². The summed E-state index contributed by atoms with van der Waals surface area (Å²) in [7, 11) is 0. The highest BCUT2D eigenvalue weighted by atomic mass is 19.1. The normalized spacial score (nSPS) is 13.2. The summed E-state index contributed by atoms with van der Waals surface area (Å²) < 4.78 is 14.0. The Labute approximate surface area is 153 Å². The Kier molecular flexibility index (Phi) is 5.66. The fourth-order valence-corrected chi connectivity index (χ4v) is 3.21. The number of nitrogens with zero attached hydrogens (tertiary/aromatic N) is 1. The van der Waals surface area contributed by atoms with Crippen LogP contribution in [0.15, 0.2) is 42.5 Å². The highest BCUT2D eigenvalue weighted by molar-refractivity contribution is 6.07. The van der Waals surface area contributed by atoms with Crippen LogP contribution in [0.1, 0.15) is 52.5 Å². The molecule has 0 saturated carbocycles. The quantitative estimate of drug-likeness (QED) is 0.827. The number of halogens is 1. The van der Waals surface area contributed by atoms with Gasteiger partial charge in [0.05, 0.1) is 5.56 Å². The summed E-state index contributed by atoms with van der Waals surface area (Å²) in [6, 6.07) is 11.4. The fourth-order valence-electron chi connectivity index (χ4n) is 3.21. The van der Waals surface area contributed by atoms with E-state index in [9.17, 15) is 14.0 Å². The minimum Gasteiger partial charge on any atom is -0.352 e. The molecule has 4 nitrogen and oxygen atoms in total. The summed E-state index contributed by atoms with van der Waals surface area (Å²) in [5, 5.41) is 2.90. The van der Waals surface area contributed by atoms with Crippen LogP contribution >= 0.6 is 0 Å². The number of benzene rings is 2. The molecule has 1 heterocycles. The number of nitrogens with one attached hydrogen (secondary N) is 1. The maximum atomic E-state index is 14.0. The lowest BCUT2D eigenvalue weighted by Crippen LogP contribution is -2.36. The number of rotatable bonds is 5. The number of carbonyl (C=O) groups is 2. The van der Waals surface area contributed by atoms with Gasteiger partial charge in [-0.3, -0.25) is 9.59 Å². The fraction of sp³-hybridized carbons (Fsp3) is 0.333. The van der Waals surface area contributed by atoms with E-state index in [0.29, 0.717) is 18.7 Å². The molecular formula is C21H23FN2O2. The minimum absolute atomic E-state index is 0.0711. The monoisotopic (exact) mass is 354 g/mol. The molecule has 2 aromatic rings. The van der Waals surface area contributed by atoms with E-state index in [-0.39, 0.29) is 17.4 Å². The zero-order chi connectivity index (χ0) is 18.5. The summed E-state index contributed by atoms with van der Waals surface area (Å²) in [4.78, 5) is 26.6. The first-order chi connectivity index (χ1) is 12.6. The number of hydrogen-bond donors (Lipinski definition) is 1. The first-order valence-electron chi connectivity index (χ1n) is 9.09. The Morgan fingerprint density at radius 2 is 2.00 bits per heavy atom. The molecule has 0 atom stereocenters. The number of anilines is 1. The summed E-state index contributed by atoms with van der Waals surface area (Å²) in [5.74, 6) is -0.959. The van der Waals surface area contributed by atoms with Crippen LogP contribution in [0.3, 0.4) is 0 Å². The van der Waals surface area contributed by atoms with Gasteiger partial charge in [-0.15, -0.1) is 0 Å². The van der Waals surface area contributed by atoms with Crippen molar-refractivity contribution in [2.45, 2.75) is 32.6 Å². The van der Waals surface area contributed by atoms with Gasteiger partial charge in [-0.1, -0.05) is 25.5 Å². The molecule has 0 fully saturated rings. The minimum atomic E-state index is -0.517. The Bertz CT molecular complexity index is 819. The molecule has 5 heteroatoms. The molecule has 0 aliphatic carbocycles. The smallest absolute Gasteiger partial charge is 0.261 e. The van der Waals surface area contributed by atoms with Crippen molar-refractivity contribution in [2.24, 2.45) is 0 Å². The van der Waals surface area contributed by atoms with E-state index in [0.717, 1.165) is 36.9 Å². The van der Waals surface area contributed by atoms with Crippen LogP contribution in [0.4, 0.5) is 10.1 Å². The third kappa shape index (κ3) is 3.77. The van der Waals surface area contributed by atoms with Gasteiger partial charge in [-0.05, 0) is 55.2 Å². The van der Waals surface area contributed by atoms with Crippen molar-refractivity contribution in [3.63, 3.8) is 0 Å². The van der Waals surface area contributed by atoms with Crippen molar-refractivity contribution in [2.75, 3.05) is 18.0 Å². The zero-order valence-electron chi connectivity index (χ0n) is 14.9. The molecule has 0 aromatic heterocycles. The highest BCUT2D eigenvalue weighted by Crippen LogP contribution is 2.29. The maximum Gasteiger partial charge on any atom is 0.261 e. The average Bonchev–Trinajstić information content (AvgIpc) is 2.67. The second kappa shape index (κ2) is 8.13. The first kappa shape index (κ1) is 18.1. The van der Waals surface area contributed by atoms with Crippen molar-refractivity contribution in [3.8, 4) is 0 Å². The van der Waals surface area contributed by atoms with E-state index in [1.165, 1.54) is 12.1 Å². The van der Waals surface area contributed by atoms with Crippen LogP contribution in [0.5, 0.6) is 0 Å². The van der Waals surface area contributed by atoms with E-state index in [4.69, 9.17) is 0 Å². The summed E-state index contributed by atoms with van der Waals surface area (Å²) in [5.41, 5.74) is 2.38. The molecule has 0 saturated heterocycles. The molecule has 1 aliphatic heterocycles. The van der Waals surface area contributed by atoms with Crippen LogP contribution in [-0.4, -0.2) is 24.9 Å². The topological polar surface area (TPSA) is 49.4 Å². The molecule has 2 aromatic carbocycles. The second-order valence-corrected chi connectivity index (χ2v) is 6.49. The van der Waals surface area contributed by atoms with Gasteiger partial charge in [0.15, 0.2) is 0 Å². The lowest BCUT2D eigenvalue weighted by atomic mass is 9.98. The number of aryl methyl sites for hydroxylation is 1. The number of hydrogen-bond acceptors (Lipinski definition) is 2. The second-order valence-electron chi connectivity index (χ2n) is 6.49. The molecule has 1 N–H and O–H groups in total. The van der Waals surface area contributed by atoms with E-state index >= 15 is 0 Å². The standard InChI is InChI=1S/C21H23FN2O2/c1-2-3-12-23-20(25)16-10-11-19-15(14-16)7-6-13-24(19)21(26)17-8-4-5-9-18(17)22/h4-5,8-11,14H,2-3,6-7,12-13H2,1H3,(H,23,25). The predicted molar refractivity (Wildman–Crippen MR) is 100 cm³/mol. The van der Waals surface area contributed by atoms with Crippen LogP contribution in [0.2, 0.25) is 0 Å². The van der Waals surface area contributed by atoms with Crippen molar-refractivity contribution in [1.29, 1.82) is 0 Å². The van der Waals surface area contributed by atoms with Gasteiger partial charge in [-0.2, -0.15) is 0 Å². The Morgan fingerprint density at radius 1 is 1.19 bits per heavy atom. The van der Waals surface area contributed by atoms with Crippen molar-refractivity contribution >= 4 is 17.5 Å². The van der Waals surface area contributed by atoms with Gasteiger partial charge in [0.1, 0.15) is 5.82 Å². The van der Waals surface area contributed by atoms with Gasteiger partial charge in [-0.25, -0.2) is 4.39 Å². The van der Waals surface area contributed by atoms with Gasteiger partial charge in [0, 0.05) is 24.3 Å². The summed E-state index contributed by atoms with van der Waals surface area (Å²) in [6.07, 6.45) is 3.56. The molecule has 3 rings (SSSR count). The van der Waals surface area contributed by atoms with E-state index in [1.807, 2.05) is 6.07 Å². The Balaban J connectivity index is 1.83. The van der Waals surface area contributed by atoms with Crippen LogP contribution in [0.25, 0.3) is 0 Å². The zero-order valence-corrected chi connectivity index (χ0v) is 14.9. The van der Waals surface area contributed by atoms with Gasteiger partial charge in [0.25, 0.3) is 11.8 Å². The molecule has 0 spiro atoms. The number of unbranched alkanes of at least 4 members (excludes halogenated alkanes) is 1. The lowest BCUT2D eigenvalue weighted by molar-refractivity contribution is 0.0952. The molecule has 136 valence electrons. The van der Waals surface area contributed by atoms with Crippen molar-refractivity contribution in [1.82, 2.24) is 5.32 Å². The number of carbonyl (C=O) groups excluding carboxylic acids is 2. The van der Waals surface area contributed by atoms with Crippen LogP contribution in [-0.2, 0) is 6.42 Å². The molecule has 0 radical (unpaired) electrons. The SMILES string of the molecule is CCCCNC(=O)c1ccc2c(c1)CCCN2C(=O)c1ccccc1F. The van der Waals surface area contributed by atoms with Crippen molar-refractivity contribution in [3.05, 3.63) is 65.0 Å². The average molecular weight is 354 g/mol. The Morgan fingerprint density at radius 3 is 2.77 bits per heavy atom. The molecule has 0 bridgehead atoms. The predicted octanol–water partition coefficient (Wildman–Crippen LogP) is 3.95. The Hall–Kier alpha value is -2.69. The lowest BCUT2D eigenvalue weighted by Gasteiger charge is -2.30. The van der Waals surface area contributed by atoms with Gasteiger partial charge >= 0.3 is 0 Å². The van der Waals surface area contributed by atoms with E-state index in [1.54, 1.807) is 29.2 Å². The van der Waals surface area contributed by atoms with Gasteiger partial charge in [0.2, 0.25) is 0 Å². The van der Waals surface area contributed by atoms with Crippen LogP contribution < -0.4 is 10.2 Å². The molecule has 0 unspecified atom stereocenters. The third-order valence-corrected chi connectivity index (χ3v) is 4.63. The van der Waals surface area contributed by atoms with Crippen LogP contribution in [0, 0.1) is 5.82 Å². The summed E-state index contributed by atoms with van der Waals surface area (Å²) >= 11 is 0. The summed E-state index contributed by atoms with van der Waals surface area (Å²) in [6.45, 7) is 3.28. The number of fused-ring (bicyclic) bond motifs is 1. The molecule has 26 heavy (non-hydrogen) atoms. The molecule has 2 amide bonds. The van der Waals surface area contributed by atoms with E-state index < -0.39 is 5.82 Å². The highest BCUT2D eigenvalue weighted by Gasteiger charge is 2.26. The number of amides is 2. The molecular weight excluding hydrogens is 331 g/mol. The van der Waals surface area contributed by atoms with Crippen molar-refractivity contribution < 1.29 is 14.0 Å².